The first kappa shape index (κ1) is 20.1. The van der Waals surface area contributed by atoms with Crippen molar-refractivity contribution in [1.82, 2.24) is 20.2 Å². The zero-order chi connectivity index (χ0) is 20.9. The summed E-state index contributed by atoms with van der Waals surface area (Å²) in [6.45, 7) is 4.86. The number of aryl methyl sites for hydroxylation is 1. The van der Waals surface area contributed by atoms with Gasteiger partial charge in [-0.15, -0.1) is 0 Å². The molecule has 30 heavy (non-hydrogen) atoms. The van der Waals surface area contributed by atoms with E-state index < -0.39 is 0 Å². The summed E-state index contributed by atoms with van der Waals surface area (Å²) in [4.78, 5) is 24.0. The van der Waals surface area contributed by atoms with Gasteiger partial charge in [0.05, 0.1) is 18.1 Å². The van der Waals surface area contributed by atoms with E-state index in [1.54, 1.807) is 0 Å². The van der Waals surface area contributed by atoms with E-state index in [2.05, 4.69) is 49.8 Å². The fourth-order valence-corrected chi connectivity index (χ4v) is 3.78. The molecule has 3 aromatic rings. The third-order valence-electron chi connectivity index (χ3n) is 5.38. The molecule has 0 bridgehead atoms. The molecule has 1 fully saturated rings. The number of hydrogen-bond donors (Lipinski definition) is 2. The minimum Gasteiger partial charge on any atom is -0.478 e. The highest BCUT2D eigenvalue weighted by atomic mass is 16.5. The van der Waals surface area contributed by atoms with Crippen molar-refractivity contribution in [2.45, 2.75) is 32.4 Å². The van der Waals surface area contributed by atoms with Crippen LogP contribution in [0.4, 0.5) is 10.6 Å². The predicted molar refractivity (Wildman–Crippen MR) is 118 cm³/mol. The number of likely N-dealkylation sites (tertiary alicyclic amines) is 1. The van der Waals surface area contributed by atoms with E-state index in [-0.39, 0.29) is 12.1 Å². The van der Waals surface area contributed by atoms with Gasteiger partial charge >= 0.3 is 6.03 Å². The fraction of sp³-hybridized carbons (Fsp3) is 0.348. The van der Waals surface area contributed by atoms with Crippen LogP contribution in [0.2, 0.25) is 0 Å². The number of aromatic nitrogens is 2. The summed E-state index contributed by atoms with van der Waals surface area (Å²) in [6.07, 6.45) is 1.83. The Hall–Kier alpha value is -3.19. The maximum absolute atomic E-state index is 12.6. The Morgan fingerprint density at radius 2 is 1.87 bits per heavy atom. The van der Waals surface area contributed by atoms with E-state index in [1.165, 1.54) is 12.7 Å². The molecule has 0 unspecified atom stereocenters. The number of benzene rings is 2. The Bertz CT molecular complexity index is 1020. The molecule has 2 heterocycles. The standard InChI is InChI=1S/C23H27N5O2/c1-16-8-9-19-20(14-16)26-22(30-2)21(25-19)27-23(29)24-18-10-12-28(13-11-18)15-17-6-4-3-5-7-17/h3-9,14,18H,10-13,15H2,1-2H3,(H2,24,25,27,29). The van der Waals surface area contributed by atoms with Crippen LogP contribution in [-0.4, -0.2) is 47.1 Å². The summed E-state index contributed by atoms with van der Waals surface area (Å²) < 4.78 is 5.33. The Balaban J connectivity index is 1.33. The highest BCUT2D eigenvalue weighted by Crippen LogP contribution is 2.24. The summed E-state index contributed by atoms with van der Waals surface area (Å²) in [5.41, 5.74) is 3.87. The van der Waals surface area contributed by atoms with Crippen LogP contribution in [0, 0.1) is 6.92 Å². The summed E-state index contributed by atoms with van der Waals surface area (Å²) >= 11 is 0. The minimum absolute atomic E-state index is 0.138. The average molecular weight is 406 g/mol. The molecule has 0 saturated carbocycles. The molecule has 0 atom stereocenters. The van der Waals surface area contributed by atoms with Gasteiger partial charge in [-0.1, -0.05) is 36.4 Å². The summed E-state index contributed by atoms with van der Waals surface area (Å²) in [6, 6.07) is 16.1. The van der Waals surface area contributed by atoms with Crippen LogP contribution in [0.1, 0.15) is 24.0 Å². The molecule has 1 aliphatic rings. The molecule has 2 amide bonds. The van der Waals surface area contributed by atoms with Gasteiger partial charge in [-0.3, -0.25) is 10.2 Å². The molecule has 1 saturated heterocycles. The maximum Gasteiger partial charge on any atom is 0.320 e. The number of amides is 2. The van der Waals surface area contributed by atoms with Crippen LogP contribution in [0.25, 0.3) is 11.0 Å². The van der Waals surface area contributed by atoms with Crippen molar-refractivity contribution in [3.05, 3.63) is 59.7 Å². The van der Waals surface area contributed by atoms with Crippen LogP contribution in [0.3, 0.4) is 0 Å². The highest BCUT2D eigenvalue weighted by molar-refractivity contribution is 5.91. The van der Waals surface area contributed by atoms with Crippen molar-refractivity contribution in [2.24, 2.45) is 0 Å². The van der Waals surface area contributed by atoms with Crippen LogP contribution in [-0.2, 0) is 6.54 Å². The molecular formula is C23H27N5O2. The number of hydrogen-bond acceptors (Lipinski definition) is 5. The van der Waals surface area contributed by atoms with E-state index in [9.17, 15) is 4.79 Å². The lowest BCUT2D eigenvalue weighted by molar-refractivity contribution is 0.190. The number of piperidine rings is 1. The second kappa shape index (κ2) is 9.09. The number of nitrogens with one attached hydrogen (secondary N) is 2. The van der Waals surface area contributed by atoms with E-state index in [4.69, 9.17) is 4.74 Å². The van der Waals surface area contributed by atoms with Gasteiger partial charge in [-0.2, -0.15) is 0 Å². The van der Waals surface area contributed by atoms with Gasteiger partial charge in [-0.05, 0) is 43.0 Å². The van der Waals surface area contributed by atoms with Crippen LogP contribution in [0.15, 0.2) is 48.5 Å². The molecule has 0 radical (unpaired) electrons. The Kier molecular flexibility index (Phi) is 6.09. The number of methoxy groups -OCH3 is 1. The topological polar surface area (TPSA) is 79.4 Å². The largest absolute Gasteiger partial charge is 0.478 e. The van der Waals surface area contributed by atoms with Gasteiger partial charge in [0.1, 0.15) is 0 Å². The number of ether oxygens (including phenoxy) is 1. The molecule has 156 valence electrons. The number of urea groups is 1. The van der Waals surface area contributed by atoms with Crippen LogP contribution >= 0.6 is 0 Å². The third-order valence-corrected chi connectivity index (χ3v) is 5.38. The molecule has 7 heteroatoms. The first-order valence-corrected chi connectivity index (χ1v) is 10.3. The molecule has 1 aliphatic heterocycles. The van der Waals surface area contributed by atoms with Crippen molar-refractivity contribution in [3.63, 3.8) is 0 Å². The van der Waals surface area contributed by atoms with Gasteiger partial charge in [0.2, 0.25) is 0 Å². The van der Waals surface area contributed by atoms with Crippen LogP contribution in [0.5, 0.6) is 5.88 Å². The summed E-state index contributed by atoms with van der Waals surface area (Å²) in [7, 11) is 1.52. The molecule has 4 rings (SSSR count). The zero-order valence-electron chi connectivity index (χ0n) is 17.4. The number of anilines is 1. The van der Waals surface area contributed by atoms with E-state index in [0.29, 0.717) is 17.2 Å². The molecule has 0 aliphatic carbocycles. The summed E-state index contributed by atoms with van der Waals surface area (Å²) in [5.74, 6) is 0.633. The van der Waals surface area contributed by atoms with Gasteiger partial charge in [0.25, 0.3) is 5.88 Å². The smallest absolute Gasteiger partial charge is 0.320 e. The van der Waals surface area contributed by atoms with E-state index in [0.717, 1.165) is 43.6 Å². The van der Waals surface area contributed by atoms with Gasteiger partial charge in [0, 0.05) is 25.7 Å². The van der Waals surface area contributed by atoms with E-state index in [1.807, 2.05) is 31.2 Å². The molecule has 1 aromatic heterocycles. The second-order valence-electron chi connectivity index (χ2n) is 7.71. The Morgan fingerprint density at radius 1 is 1.10 bits per heavy atom. The van der Waals surface area contributed by atoms with Crippen molar-refractivity contribution < 1.29 is 9.53 Å². The number of fused-ring (bicyclic) bond motifs is 1. The van der Waals surface area contributed by atoms with Crippen molar-refractivity contribution in [3.8, 4) is 5.88 Å². The van der Waals surface area contributed by atoms with Gasteiger partial charge < -0.3 is 10.1 Å². The fourth-order valence-electron chi connectivity index (χ4n) is 3.78. The Labute approximate surface area is 176 Å². The average Bonchev–Trinajstić information content (AvgIpc) is 2.75. The van der Waals surface area contributed by atoms with Crippen LogP contribution < -0.4 is 15.4 Å². The highest BCUT2D eigenvalue weighted by Gasteiger charge is 2.21. The molecule has 2 aromatic carbocycles. The predicted octanol–water partition coefficient (Wildman–Crippen LogP) is 3.73. The molecule has 2 N–H and O–H groups in total. The first-order valence-electron chi connectivity index (χ1n) is 10.3. The first-order chi connectivity index (χ1) is 14.6. The monoisotopic (exact) mass is 405 g/mol. The number of rotatable bonds is 5. The SMILES string of the molecule is COc1nc2cc(C)ccc2nc1NC(=O)NC1CCN(Cc2ccccc2)CC1. The van der Waals surface area contributed by atoms with E-state index >= 15 is 0 Å². The zero-order valence-corrected chi connectivity index (χ0v) is 17.4. The number of carbonyl (C=O) groups is 1. The second-order valence-corrected chi connectivity index (χ2v) is 7.71. The van der Waals surface area contributed by atoms with Crippen molar-refractivity contribution >= 4 is 22.9 Å². The Morgan fingerprint density at radius 3 is 2.60 bits per heavy atom. The lowest BCUT2D eigenvalue weighted by atomic mass is 10.0. The quantitative estimate of drug-likeness (QED) is 0.676. The molecule has 7 nitrogen and oxygen atoms in total. The number of nitrogens with zero attached hydrogens (tertiary/aromatic N) is 3. The third kappa shape index (κ3) is 4.86. The van der Waals surface area contributed by atoms with Gasteiger partial charge in [-0.25, -0.2) is 14.8 Å². The lowest BCUT2D eigenvalue weighted by Gasteiger charge is -2.32. The summed E-state index contributed by atoms with van der Waals surface area (Å²) in [5, 5.41) is 5.86. The van der Waals surface area contributed by atoms with Crippen molar-refractivity contribution in [1.29, 1.82) is 0 Å². The number of carbonyl (C=O) groups excluding carboxylic acids is 1. The normalized spacial score (nSPS) is 15.1. The molecule has 0 spiro atoms. The maximum atomic E-state index is 12.6. The van der Waals surface area contributed by atoms with Crippen molar-refractivity contribution in [2.75, 3.05) is 25.5 Å². The molecular weight excluding hydrogens is 378 g/mol. The lowest BCUT2D eigenvalue weighted by Crippen LogP contribution is -2.45. The van der Waals surface area contributed by atoms with Gasteiger partial charge in [0.15, 0.2) is 5.82 Å². The minimum atomic E-state index is -0.282.